The molecule has 29 heavy (non-hydrogen) atoms. The molecule has 0 aliphatic heterocycles. The minimum Gasteiger partial charge on any atom is -0.478 e. The summed E-state index contributed by atoms with van der Waals surface area (Å²) in [5.74, 6) is -0.924. The van der Waals surface area contributed by atoms with Crippen molar-refractivity contribution < 1.29 is 20.1 Å². The highest BCUT2D eigenvalue weighted by atomic mass is 16.4. The summed E-state index contributed by atoms with van der Waals surface area (Å²) < 4.78 is 0. The lowest BCUT2D eigenvalue weighted by molar-refractivity contribution is -0.194. The number of carboxylic acid groups (broad SMARTS) is 1. The predicted octanol–water partition coefficient (Wildman–Crippen LogP) is 5.27. The number of aliphatic carboxylic acids is 1. The van der Waals surface area contributed by atoms with Crippen LogP contribution in [-0.2, 0) is 4.79 Å². The maximum Gasteiger partial charge on any atom is 0.331 e. The average molecular weight is 401 g/mol. The van der Waals surface area contributed by atoms with E-state index in [4.69, 9.17) is 5.11 Å². The molecule has 1 aliphatic carbocycles. The van der Waals surface area contributed by atoms with E-state index in [1.165, 1.54) is 0 Å². The SMILES string of the molecule is CC(/C=C/C=C(C)/C=C/[C@@]1(O)C(C)(C)CCC[C@@]1(C)O)=C\C=C\C=C(/C)C(=O)O. The van der Waals surface area contributed by atoms with Crippen LogP contribution in [-0.4, -0.2) is 32.5 Å². The van der Waals surface area contributed by atoms with Gasteiger partial charge >= 0.3 is 5.97 Å². The van der Waals surface area contributed by atoms with Gasteiger partial charge in [-0.3, -0.25) is 0 Å². The van der Waals surface area contributed by atoms with Gasteiger partial charge in [0.15, 0.2) is 0 Å². The van der Waals surface area contributed by atoms with Crippen LogP contribution in [0.15, 0.2) is 71.4 Å². The van der Waals surface area contributed by atoms with Crippen LogP contribution in [0.25, 0.3) is 0 Å². The topological polar surface area (TPSA) is 77.8 Å². The van der Waals surface area contributed by atoms with Crippen LogP contribution in [0.2, 0.25) is 0 Å². The second kappa shape index (κ2) is 10.0. The number of aliphatic hydroxyl groups is 2. The molecule has 0 saturated heterocycles. The first-order valence-electron chi connectivity index (χ1n) is 10.1. The lowest BCUT2D eigenvalue weighted by Gasteiger charge is -2.53. The Morgan fingerprint density at radius 2 is 1.38 bits per heavy atom. The third-order valence-corrected chi connectivity index (χ3v) is 5.78. The zero-order chi connectivity index (χ0) is 22.3. The molecule has 1 rings (SSSR count). The number of hydrogen-bond acceptors (Lipinski definition) is 3. The molecule has 0 radical (unpaired) electrons. The molecule has 1 fully saturated rings. The van der Waals surface area contributed by atoms with Crippen LogP contribution in [0.5, 0.6) is 0 Å². The van der Waals surface area contributed by atoms with E-state index in [0.717, 1.165) is 24.0 Å². The Morgan fingerprint density at radius 1 is 0.828 bits per heavy atom. The first kappa shape index (κ1) is 24.9. The maximum atomic E-state index is 11.2. The van der Waals surface area contributed by atoms with E-state index in [1.807, 2.05) is 58.1 Å². The van der Waals surface area contributed by atoms with Crippen LogP contribution < -0.4 is 0 Å². The van der Waals surface area contributed by atoms with Crippen LogP contribution in [0, 0.1) is 5.41 Å². The molecule has 1 aliphatic rings. The molecule has 0 heterocycles. The number of allylic oxidation sites excluding steroid dienone is 10. The van der Waals surface area contributed by atoms with Crippen molar-refractivity contribution in [3.63, 3.8) is 0 Å². The molecule has 4 heteroatoms. The molecule has 0 bridgehead atoms. The number of carbonyl (C=O) groups is 1. The molecule has 2 atom stereocenters. The molecule has 160 valence electrons. The van der Waals surface area contributed by atoms with Crippen LogP contribution in [0.3, 0.4) is 0 Å². The summed E-state index contributed by atoms with van der Waals surface area (Å²) >= 11 is 0. The number of rotatable bonds is 7. The van der Waals surface area contributed by atoms with Gasteiger partial charge in [0.05, 0.1) is 5.60 Å². The second-order valence-electron chi connectivity index (χ2n) is 8.83. The molecule has 0 spiro atoms. The van der Waals surface area contributed by atoms with Gasteiger partial charge in [0.25, 0.3) is 0 Å². The molecule has 0 unspecified atom stereocenters. The first-order valence-corrected chi connectivity index (χ1v) is 10.1. The summed E-state index contributed by atoms with van der Waals surface area (Å²) in [4.78, 5) is 10.7. The van der Waals surface area contributed by atoms with Gasteiger partial charge in [-0.15, -0.1) is 0 Å². The molecule has 1 saturated carbocycles. The zero-order valence-electron chi connectivity index (χ0n) is 18.6. The fourth-order valence-corrected chi connectivity index (χ4v) is 3.58. The summed E-state index contributed by atoms with van der Waals surface area (Å²) in [6.45, 7) is 11.2. The maximum absolute atomic E-state index is 11.2. The van der Waals surface area contributed by atoms with Crippen LogP contribution in [0.1, 0.15) is 60.8 Å². The van der Waals surface area contributed by atoms with Crippen molar-refractivity contribution >= 4 is 5.97 Å². The lowest BCUT2D eigenvalue weighted by atomic mass is 9.58. The van der Waals surface area contributed by atoms with Gasteiger partial charge < -0.3 is 15.3 Å². The van der Waals surface area contributed by atoms with Crippen molar-refractivity contribution in [1.82, 2.24) is 0 Å². The highest BCUT2D eigenvalue weighted by Gasteiger charge is 2.56. The highest BCUT2D eigenvalue weighted by Crippen LogP contribution is 2.50. The van der Waals surface area contributed by atoms with Crippen molar-refractivity contribution in [3.8, 4) is 0 Å². The van der Waals surface area contributed by atoms with E-state index >= 15 is 0 Å². The van der Waals surface area contributed by atoms with Crippen molar-refractivity contribution in [1.29, 1.82) is 0 Å². The summed E-state index contributed by atoms with van der Waals surface area (Å²) in [7, 11) is 0. The highest BCUT2D eigenvalue weighted by molar-refractivity contribution is 5.86. The smallest absolute Gasteiger partial charge is 0.331 e. The Hall–Kier alpha value is -2.17. The Labute approximate surface area is 175 Å². The summed E-state index contributed by atoms with van der Waals surface area (Å²) in [5, 5.41) is 30.8. The van der Waals surface area contributed by atoms with Crippen LogP contribution in [0.4, 0.5) is 0 Å². The lowest BCUT2D eigenvalue weighted by Crippen LogP contribution is -2.62. The van der Waals surface area contributed by atoms with Gasteiger partial charge in [-0.1, -0.05) is 73.6 Å². The molecule has 0 aromatic heterocycles. The van der Waals surface area contributed by atoms with Crippen molar-refractivity contribution in [2.24, 2.45) is 5.41 Å². The zero-order valence-corrected chi connectivity index (χ0v) is 18.6. The van der Waals surface area contributed by atoms with Gasteiger partial charge in [0.1, 0.15) is 5.60 Å². The largest absolute Gasteiger partial charge is 0.478 e. The quantitative estimate of drug-likeness (QED) is 0.402. The van der Waals surface area contributed by atoms with Crippen molar-refractivity contribution in [2.75, 3.05) is 0 Å². The van der Waals surface area contributed by atoms with E-state index in [2.05, 4.69) is 0 Å². The van der Waals surface area contributed by atoms with Gasteiger partial charge in [-0.2, -0.15) is 0 Å². The standard InChI is InChI=1S/C25H36O4/c1-19(11-7-8-14-21(3)22(26)27)12-9-13-20(2)15-18-25(29)23(4,5)16-10-17-24(25,6)28/h7-9,11-15,18,28-29H,10,16-17H2,1-6H3,(H,26,27)/b8-7+,12-9+,18-15+,19-11+,20-13+,21-14+/t24-,25-/m1/s1. The average Bonchev–Trinajstić information content (AvgIpc) is 2.61. The summed E-state index contributed by atoms with van der Waals surface area (Å²) in [6, 6.07) is 0. The minimum absolute atomic E-state index is 0.287. The van der Waals surface area contributed by atoms with E-state index in [-0.39, 0.29) is 5.57 Å². The molecule has 0 aromatic rings. The van der Waals surface area contributed by atoms with E-state index in [1.54, 1.807) is 38.2 Å². The predicted molar refractivity (Wildman–Crippen MR) is 120 cm³/mol. The Kier molecular flexibility index (Phi) is 8.61. The normalized spacial score (nSPS) is 29.3. The first-order chi connectivity index (χ1) is 13.3. The monoisotopic (exact) mass is 400 g/mol. The van der Waals surface area contributed by atoms with Crippen LogP contribution >= 0.6 is 0 Å². The van der Waals surface area contributed by atoms with Gasteiger partial charge in [0, 0.05) is 5.57 Å². The summed E-state index contributed by atoms with van der Waals surface area (Å²) in [6.07, 6.45) is 18.7. The third kappa shape index (κ3) is 6.69. The Bertz CT molecular complexity index is 755. The molecular formula is C25H36O4. The van der Waals surface area contributed by atoms with E-state index < -0.39 is 22.6 Å². The fourth-order valence-electron chi connectivity index (χ4n) is 3.58. The van der Waals surface area contributed by atoms with Crippen molar-refractivity contribution in [2.45, 2.75) is 72.0 Å². The summed E-state index contributed by atoms with van der Waals surface area (Å²) in [5.41, 5.74) is -0.559. The number of carboxylic acids is 1. The van der Waals surface area contributed by atoms with Gasteiger partial charge in [0.2, 0.25) is 0 Å². The third-order valence-electron chi connectivity index (χ3n) is 5.78. The minimum atomic E-state index is -1.28. The molecule has 3 N–H and O–H groups in total. The molecular weight excluding hydrogens is 364 g/mol. The van der Waals surface area contributed by atoms with E-state index in [0.29, 0.717) is 6.42 Å². The second-order valence-corrected chi connectivity index (χ2v) is 8.83. The Balaban J connectivity index is 2.82. The van der Waals surface area contributed by atoms with Gasteiger partial charge in [-0.05, 0) is 58.4 Å². The fraction of sp³-hybridized carbons (Fsp3) is 0.480. The Morgan fingerprint density at radius 3 is 1.97 bits per heavy atom. The molecule has 4 nitrogen and oxygen atoms in total. The van der Waals surface area contributed by atoms with Gasteiger partial charge in [-0.25, -0.2) is 4.79 Å². The molecule has 0 amide bonds. The van der Waals surface area contributed by atoms with Crippen molar-refractivity contribution in [3.05, 3.63) is 71.4 Å². The molecule has 0 aromatic carbocycles. The van der Waals surface area contributed by atoms with E-state index in [9.17, 15) is 15.0 Å². The number of hydrogen-bond donors (Lipinski definition) is 3.